The largest absolute Gasteiger partial charge is 0.394 e. The van der Waals surface area contributed by atoms with Gasteiger partial charge in [0, 0.05) is 12.2 Å². The second-order valence-corrected chi connectivity index (χ2v) is 6.45. The maximum absolute atomic E-state index is 9.08. The fourth-order valence-electron chi connectivity index (χ4n) is 3.07. The first-order chi connectivity index (χ1) is 12.7. The second-order valence-electron chi connectivity index (χ2n) is 6.45. The van der Waals surface area contributed by atoms with E-state index in [1.807, 2.05) is 0 Å². The molecule has 2 heterocycles. The third kappa shape index (κ3) is 4.19. The molecule has 0 radical (unpaired) electrons. The predicted octanol–water partition coefficient (Wildman–Crippen LogP) is 3.19. The number of aryl methyl sites for hydroxylation is 1. The molecule has 138 valence electrons. The van der Waals surface area contributed by atoms with Crippen LogP contribution in [0.4, 0.5) is 5.69 Å². The third-order valence-electron chi connectivity index (χ3n) is 4.56. The Labute approximate surface area is 154 Å². The van der Waals surface area contributed by atoms with Gasteiger partial charge in [-0.15, -0.1) is 0 Å². The topological polar surface area (TPSA) is 67.1 Å². The van der Waals surface area contributed by atoms with Crippen molar-refractivity contribution >= 4 is 16.9 Å². The second kappa shape index (κ2) is 8.76. The summed E-state index contributed by atoms with van der Waals surface area (Å²) in [6.45, 7) is 6.45. The van der Waals surface area contributed by atoms with E-state index in [0.717, 1.165) is 24.2 Å². The van der Waals surface area contributed by atoms with E-state index in [4.69, 9.17) is 5.11 Å². The molecule has 0 aliphatic heterocycles. The summed E-state index contributed by atoms with van der Waals surface area (Å²) in [7, 11) is 0. The maximum Gasteiger partial charge on any atom is 0.176 e. The zero-order chi connectivity index (χ0) is 18.4. The molecule has 26 heavy (non-hydrogen) atoms. The number of aliphatic hydroxyl groups excluding tert-OH is 1. The van der Waals surface area contributed by atoms with Crippen LogP contribution in [0, 0.1) is 0 Å². The van der Waals surface area contributed by atoms with Crippen LogP contribution in [0.1, 0.15) is 37.9 Å². The highest BCUT2D eigenvalue weighted by molar-refractivity contribution is 5.69. The summed E-state index contributed by atoms with van der Waals surface area (Å²) in [5.41, 5.74) is 4.99. The molecule has 6 heteroatoms. The highest BCUT2D eigenvalue weighted by Crippen LogP contribution is 2.19. The van der Waals surface area contributed by atoms with Gasteiger partial charge in [0.25, 0.3) is 0 Å². The van der Waals surface area contributed by atoms with Crippen LogP contribution < -0.4 is 4.90 Å². The Balaban J connectivity index is 1.74. The van der Waals surface area contributed by atoms with Gasteiger partial charge in [0.05, 0.1) is 37.8 Å². The molecule has 0 fully saturated rings. The Morgan fingerprint density at radius 2 is 1.92 bits per heavy atom. The molecule has 0 amide bonds. The summed E-state index contributed by atoms with van der Waals surface area (Å²) in [4.78, 5) is 11.5. The molecular formula is C20H27N5O. The molecule has 6 nitrogen and oxygen atoms in total. The molecule has 0 saturated heterocycles. The van der Waals surface area contributed by atoms with Crippen molar-refractivity contribution in [2.45, 2.75) is 46.2 Å². The van der Waals surface area contributed by atoms with Crippen LogP contribution in [0.5, 0.6) is 0 Å². The SMILES string of the molecule is CCCCc1ccc(N(CC)Cc2cnc3c(cnn3CCO)n2)cc1. The molecule has 0 saturated carbocycles. The molecule has 0 atom stereocenters. The van der Waals surface area contributed by atoms with Gasteiger partial charge in [-0.25, -0.2) is 14.6 Å². The van der Waals surface area contributed by atoms with E-state index >= 15 is 0 Å². The number of aliphatic hydroxyl groups is 1. The van der Waals surface area contributed by atoms with Gasteiger partial charge in [-0.3, -0.25) is 0 Å². The number of hydrogen-bond acceptors (Lipinski definition) is 5. The van der Waals surface area contributed by atoms with Crippen LogP contribution in [-0.2, 0) is 19.5 Å². The van der Waals surface area contributed by atoms with Gasteiger partial charge in [-0.1, -0.05) is 25.5 Å². The smallest absolute Gasteiger partial charge is 0.176 e. The van der Waals surface area contributed by atoms with Crippen molar-refractivity contribution in [2.75, 3.05) is 18.1 Å². The first-order valence-electron chi connectivity index (χ1n) is 9.37. The number of nitrogens with zero attached hydrogens (tertiary/aromatic N) is 5. The highest BCUT2D eigenvalue weighted by Gasteiger charge is 2.10. The summed E-state index contributed by atoms with van der Waals surface area (Å²) in [6.07, 6.45) is 7.11. The summed E-state index contributed by atoms with van der Waals surface area (Å²) in [5, 5.41) is 13.3. The first kappa shape index (κ1) is 18.3. The highest BCUT2D eigenvalue weighted by atomic mass is 16.3. The summed E-state index contributed by atoms with van der Waals surface area (Å²) < 4.78 is 1.68. The molecule has 3 rings (SSSR count). The number of unbranched alkanes of at least 4 members (excludes halogenated alkanes) is 1. The molecular weight excluding hydrogens is 326 g/mol. The van der Waals surface area contributed by atoms with Gasteiger partial charge in [0.1, 0.15) is 5.52 Å². The molecule has 0 aliphatic carbocycles. The van der Waals surface area contributed by atoms with E-state index in [-0.39, 0.29) is 6.61 Å². The summed E-state index contributed by atoms with van der Waals surface area (Å²) in [5.74, 6) is 0. The lowest BCUT2D eigenvalue weighted by molar-refractivity contribution is 0.271. The standard InChI is InChI=1S/C20H27N5O/c1-3-5-6-16-7-9-18(10-8-16)24(4-2)15-17-13-21-20-19(23-17)14-22-25(20)11-12-26/h7-10,13-14,26H,3-6,11-12,15H2,1-2H3. The lowest BCUT2D eigenvalue weighted by Gasteiger charge is -2.23. The van der Waals surface area contributed by atoms with Crippen LogP contribution in [0.25, 0.3) is 11.2 Å². The average Bonchev–Trinajstić information content (AvgIpc) is 3.07. The monoisotopic (exact) mass is 353 g/mol. The zero-order valence-electron chi connectivity index (χ0n) is 15.6. The van der Waals surface area contributed by atoms with Crippen molar-refractivity contribution < 1.29 is 5.11 Å². The number of hydrogen-bond donors (Lipinski definition) is 1. The normalized spacial score (nSPS) is 11.2. The van der Waals surface area contributed by atoms with E-state index in [2.05, 4.69) is 58.1 Å². The first-order valence-corrected chi connectivity index (χ1v) is 9.37. The minimum atomic E-state index is 0.0398. The van der Waals surface area contributed by atoms with Gasteiger partial charge in [-0.05, 0) is 37.5 Å². The minimum Gasteiger partial charge on any atom is -0.394 e. The Bertz CT molecular complexity index is 828. The number of benzene rings is 1. The van der Waals surface area contributed by atoms with E-state index in [9.17, 15) is 0 Å². The minimum absolute atomic E-state index is 0.0398. The van der Waals surface area contributed by atoms with Crippen LogP contribution in [-0.4, -0.2) is 38.0 Å². The van der Waals surface area contributed by atoms with Crippen molar-refractivity contribution in [3.8, 4) is 0 Å². The molecule has 0 bridgehead atoms. The third-order valence-corrected chi connectivity index (χ3v) is 4.56. The Hall–Kier alpha value is -2.47. The van der Waals surface area contributed by atoms with Crippen LogP contribution in [0.3, 0.4) is 0 Å². The van der Waals surface area contributed by atoms with E-state index < -0.39 is 0 Å². The van der Waals surface area contributed by atoms with Gasteiger partial charge < -0.3 is 10.0 Å². The summed E-state index contributed by atoms with van der Waals surface area (Å²) in [6, 6.07) is 8.84. The Morgan fingerprint density at radius 1 is 1.12 bits per heavy atom. The van der Waals surface area contributed by atoms with E-state index in [1.165, 1.54) is 24.1 Å². The van der Waals surface area contributed by atoms with Crippen molar-refractivity contribution in [1.29, 1.82) is 0 Å². The number of anilines is 1. The fraction of sp³-hybridized carbons (Fsp3) is 0.450. The maximum atomic E-state index is 9.08. The number of fused-ring (bicyclic) bond motifs is 1. The number of rotatable bonds is 9. The van der Waals surface area contributed by atoms with Crippen molar-refractivity contribution in [1.82, 2.24) is 19.7 Å². The zero-order valence-corrected chi connectivity index (χ0v) is 15.6. The fourth-order valence-corrected chi connectivity index (χ4v) is 3.07. The Kier molecular flexibility index (Phi) is 6.17. The molecule has 2 aromatic heterocycles. The van der Waals surface area contributed by atoms with Gasteiger partial charge in [0.2, 0.25) is 0 Å². The van der Waals surface area contributed by atoms with E-state index in [0.29, 0.717) is 18.7 Å². The molecule has 1 N–H and O–H groups in total. The van der Waals surface area contributed by atoms with Crippen molar-refractivity contribution in [3.63, 3.8) is 0 Å². The molecule has 3 aromatic rings. The number of aromatic nitrogens is 4. The van der Waals surface area contributed by atoms with Crippen LogP contribution in [0.2, 0.25) is 0 Å². The predicted molar refractivity (Wildman–Crippen MR) is 104 cm³/mol. The van der Waals surface area contributed by atoms with Crippen LogP contribution in [0.15, 0.2) is 36.7 Å². The van der Waals surface area contributed by atoms with Crippen molar-refractivity contribution in [3.05, 3.63) is 47.9 Å². The van der Waals surface area contributed by atoms with Gasteiger partial charge in [0.15, 0.2) is 5.65 Å². The van der Waals surface area contributed by atoms with Crippen molar-refractivity contribution in [2.24, 2.45) is 0 Å². The molecule has 0 spiro atoms. The quantitative estimate of drug-likeness (QED) is 0.640. The Morgan fingerprint density at radius 3 is 2.62 bits per heavy atom. The van der Waals surface area contributed by atoms with Crippen LogP contribution >= 0.6 is 0 Å². The molecule has 0 unspecified atom stereocenters. The van der Waals surface area contributed by atoms with Gasteiger partial charge in [-0.2, -0.15) is 5.10 Å². The molecule has 0 aliphatic rings. The lowest BCUT2D eigenvalue weighted by Crippen LogP contribution is -2.22. The molecule has 1 aromatic carbocycles. The van der Waals surface area contributed by atoms with Gasteiger partial charge >= 0.3 is 0 Å². The van der Waals surface area contributed by atoms with E-state index in [1.54, 1.807) is 17.1 Å². The summed E-state index contributed by atoms with van der Waals surface area (Å²) >= 11 is 0. The average molecular weight is 353 g/mol. The lowest BCUT2D eigenvalue weighted by atomic mass is 10.1.